The standard InChI is InChI=1S/C11H13N3O3S/c1-18(15,16)14-11-5-3-2-4-10(11)13-7-9-6-12-8-17-9/h2-6,8,13-14H,7H2,1H3. The van der Waals surface area contributed by atoms with Crippen molar-refractivity contribution in [1.29, 1.82) is 0 Å². The van der Waals surface area contributed by atoms with Gasteiger partial charge in [-0.3, -0.25) is 4.72 Å². The number of anilines is 2. The molecular weight excluding hydrogens is 254 g/mol. The van der Waals surface area contributed by atoms with Crippen molar-refractivity contribution in [3.05, 3.63) is 42.6 Å². The highest BCUT2D eigenvalue weighted by Crippen LogP contribution is 2.22. The summed E-state index contributed by atoms with van der Waals surface area (Å²) in [6, 6.07) is 7.04. The first-order valence-electron chi connectivity index (χ1n) is 5.23. The lowest BCUT2D eigenvalue weighted by atomic mass is 10.2. The van der Waals surface area contributed by atoms with Gasteiger partial charge < -0.3 is 9.73 Å². The van der Waals surface area contributed by atoms with Crippen molar-refractivity contribution in [2.75, 3.05) is 16.3 Å². The largest absolute Gasteiger partial charge is 0.447 e. The topological polar surface area (TPSA) is 84.2 Å². The van der Waals surface area contributed by atoms with Crippen molar-refractivity contribution in [3.63, 3.8) is 0 Å². The Morgan fingerprint density at radius 1 is 1.28 bits per heavy atom. The minimum Gasteiger partial charge on any atom is -0.447 e. The second kappa shape index (κ2) is 5.09. The van der Waals surface area contributed by atoms with Crippen molar-refractivity contribution >= 4 is 21.4 Å². The van der Waals surface area contributed by atoms with Gasteiger partial charge in [-0.1, -0.05) is 12.1 Å². The van der Waals surface area contributed by atoms with Gasteiger partial charge in [0.2, 0.25) is 10.0 Å². The summed E-state index contributed by atoms with van der Waals surface area (Å²) in [7, 11) is -3.30. The third-order valence-electron chi connectivity index (χ3n) is 2.16. The molecule has 96 valence electrons. The number of oxazole rings is 1. The van der Waals surface area contributed by atoms with Gasteiger partial charge in [-0.15, -0.1) is 0 Å². The van der Waals surface area contributed by atoms with E-state index in [1.807, 2.05) is 6.07 Å². The van der Waals surface area contributed by atoms with Crippen molar-refractivity contribution < 1.29 is 12.8 Å². The van der Waals surface area contributed by atoms with Crippen molar-refractivity contribution in [3.8, 4) is 0 Å². The van der Waals surface area contributed by atoms with E-state index < -0.39 is 10.0 Å². The van der Waals surface area contributed by atoms with Crippen LogP contribution in [0.2, 0.25) is 0 Å². The van der Waals surface area contributed by atoms with Crippen LogP contribution in [0.15, 0.2) is 41.3 Å². The van der Waals surface area contributed by atoms with Gasteiger partial charge in [0.15, 0.2) is 6.39 Å². The number of para-hydroxylation sites is 2. The lowest BCUT2D eigenvalue weighted by molar-refractivity contribution is 0.512. The van der Waals surface area contributed by atoms with E-state index in [1.54, 1.807) is 24.4 Å². The minimum absolute atomic E-state index is 0.433. The second-order valence-electron chi connectivity index (χ2n) is 3.74. The predicted molar refractivity (Wildman–Crippen MR) is 68.7 cm³/mol. The number of benzene rings is 1. The van der Waals surface area contributed by atoms with E-state index in [0.717, 1.165) is 6.26 Å². The van der Waals surface area contributed by atoms with Crippen LogP contribution >= 0.6 is 0 Å². The maximum absolute atomic E-state index is 11.2. The molecule has 0 fully saturated rings. The molecule has 7 heteroatoms. The number of rotatable bonds is 5. The number of hydrogen-bond donors (Lipinski definition) is 2. The molecular formula is C11H13N3O3S. The average Bonchev–Trinajstić information content (AvgIpc) is 2.79. The molecule has 0 aliphatic carbocycles. The van der Waals surface area contributed by atoms with E-state index in [9.17, 15) is 8.42 Å². The Bertz CT molecular complexity index is 608. The fraction of sp³-hybridized carbons (Fsp3) is 0.182. The van der Waals surface area contributed by atoms with E-state index in [0.29, 0.717) is 23.7 Å². The Balaban J connectivity index is 2.12. The molecule has 1 aromatic carbocycles. The molecule has 0 aliphatic heterocycles. The summed E-state index contributed by atoms with van der Waals surface area (Å²) in [6.07, 6.45) is 4.05. The zero-order valence-corrected chi connectivity index (χ0v) is 10.6. The molecule has 2 rings (SSSR count). The summed E-state index contributed by atoms with van der Waals surface area (Å²) in [4.78, 5) is 3.80. The molecule has 0 unspecified atom stereocenters. The lowest BCUT2D eigenvalue weighted by Crippen LogP contribution is -2.11. The van der Waals surface area contributed by atoms with Crippen LogP contribution in [0, 0.1) is 0 Å². The molecule has 2 aromatic rings. The van der Waals surface area contributed by atoms with Crippen molar-refractivity contribution in [2.24, 2.45) is 0 Å². The average molecular weight is 267 g/mol. The lowest BCUT2D eigenvalue weighted by Gasteiger charge is -2.11. The molecule has 0 bridgehead atoms. The maximum atomic E-state index is 11.2. The minimum atomic E-state index is -3.30. The van der Waals surface area contributed by atoms with Crippen molar-refractivity contribution in [1.82, 2.24) is 4.98 Å². The van der Waals surface area contributed by atoms with Crippen LogP contribution in [-0.4, -0.2) is 19.7 Å². The van der Waals surface area contributed by atoms with Crippen LogP contribution in [0.1, 0.15) is 5.76 Å². The van der Waals surface area contributed by atoms with E-state index in [1.165, 1.54) is 6.39 Å². The van der Waals surface area contributed by atoms with Crippen LogP contribution in [0.5, 0.6) is 0 Å². The number of nitrogens with one attached hydrogen (secondary N) is 2. The van der Waals surface area contributed by atoms with Gasteiger partial charge in [-0.25, -0.2) is 13.4 Å². The maximum Gasteiger partial charge on any atom is 0.229 e. The quantitative estimate of drug-likeness (QED) is 0.860. The summed E-state index contributed by atoms with van der Waals surface area (Å²) in [5, 5.41) is 3.08. The van der Waals surface area contributed by atoms with E-state index in [-0.39, 0.29) is 0 Å². The summed E-state index contributed by atoms with van der Waals surface area (Å²) in [5.41, 5.74) is 1.18. The van der Waals surface area contributed by atoms with E-state index in [4.69, 9.17) is 4.42 Å². The van der Waals surface area contributed by atoms with Gasteiger partial charge >= 0.3 is 0 Å². The van der Waals surface area contributed by atoms with Gasteiger partial charge in [0, 0.05) is 0 Å². The summed E-state index contributed by atoms with van der Waals surface area (Å²) in [5.74, 6) is 0.671. The monoisotopic (exact) mass is 267 g/mol. The van der Waals surface area contributed by atoms with Gasteiger partial charge in [0.05, 0.1) is 30.4 Å². The number of aromatic nitrogens is 1. The highest BCUT2D eigenvalue weighted by atomic mass is 32.2. The fourth-order valence-corrected chi connectivity index (χ4v) is 2.02. The van der Waals surface area contributed by atoms with Crippen LogP contribution in [-0.2, 0) is 16.6 Å². The normalized spacial score (nSPS) is 11.2. The van der Waals surface area contributed by atoms with E-state index in [2.05, 4.69) is 15.0 Å². The molecule has 2 N–H and O–H groups in total. The smallest absolute Gasteiger partial charge is 0.229 e. The molecule has 0 aliphatic rings. The van der Waals surface area contributed by atoms with E-state index >= 15 is 0 Å². The zero-order valence-electron chi connectivity index (χ0n) is 9.75. The molecule has 0 spiro atoms. The molecule has 0 saturated carbocycles. The summed E-state index contributed by atoms with van der Waals surface area (Å²) < 4.78 is 30.0. The number of hydrogen-bond acceptors (Lipinski definition) is 5. The van der Waals surface area contributed by atoms with Gasteiger partial charge in [0.25, 0.3) is 0 Å². The molecule has 0 amide bonds. The molecule has 1 aromatic heterocycles. The Morgan fingerprint density at radius 2 is 2.00 bits per heavy atom. The summed E-state index contributed by atoms with van der Waals surface area (Å²) in [6.45, 7) is 0.433. The van der Waals surface area contributed by atoms with Gasteiger partial charge in [0.1, 0.15) is 5.76 Å². The third-order valence-corrected chi connectivity index (χ3v) is 2.75. The number of sulfonamides is 1. The Kier molecular flexibility index (Phi) is 3.52. The molecule has 18 heavy (non-hydrogen) atoms. The third kappa shape index (κ3) is 3.49. The van der Waals surface area contributed by atoms with Crippen molar-refractivity contribution in [2.45, 2.75) is 6.54 Å². The Morgan fingerprint density at radius 3 is 2.61 bits per heavy atom. The first kappa shape index (κ1) is 12.4. The predicted octanol–water partition coefficient (Wildman–Crippen LogP) is 1.66. The highest BCUT2D eigenvalue weighted by molar-refractivity contribution is 7.92. The van der Waals surface area contributed by atoms with Crippen LogP contribution in [0.4, 0.5) is 11.4 Å². The second-order valence-corrected chi connectivity index (χ2v) is 5.49. The Hall–Kier alpha value is -2.02. The zero-order chi connectivity index (χ0) is 13.0. The van der Waals surface area contributed by atoms with Gasteiger partial charge in [-0.05, 0) is 12.1 Å². The first-order valence-corrected chi connectivity index (χ1v) is 7.12. The van der Waals surface area contributed by atoms with Gasteiger partial charge in [-0.2, -0.15) is 0 Å². The molecule has 6 nitrogen and oxygen atoms in total. The molecule has 0 atom stereocenters. The molecule has 1 heterocycles. The van der Waals surface area contributed by atoms with Crippen LogP contribution < -0.4 is 10.0 Å². The summed E-state index contributed by atoms with van der Waals surface area (Å²) >= 11 is 0. The van der Waals surface area contributed by atoms with Crippen LogP contribution in [0.25, 0.3) is 0 Å². The highest BCUT2D eigenvalue weighted by Gasteiger charge is 2.07. The SMILES string of the molecule is CS(=O)(=O)Nc1ccccc1NCc1cnco1. The van der Waals surface area contributed by atoms with Crippen LogP contribution in [0.3, 0.4) is 0 Å². The molecule has 0 radical (unpaired) electrons. The Labute approximate surface area is 105 Å². The first-order chi connectivity index (χ1) is 8.54. The number of nitrogens with zero attached hydrogens (tertiary/aromatic N) is 1. The molecule has 0 saturated heterocycles. The fourth-order valence-electron chi connectivity index (χ4n) is 1.44.